The van der Waals surface area contributed by atoms with Crippen molar-refractivity contribution in [3.63, 3.8) is 0 Å². The van der Waals surface area contributed by atoms with Crippen molar-refractivity contribution in [2.45, 2.75) is 20.4 Å². The van der Waals surface area contributed by atoms with E-state index in [2.05, 4.69) is 28.5 Å². The summed E-state index contributed by atoms with van der Waals surface area (Å²) in [4.78, 5) is 7.28. The normalized spacial score (nSPS) is 15.6. The molecule has 5 rings (SSSR count). The lowest BCUT2D eigenvalue weighted by Gasteiger charge is -2.33. The van der Waals surface area contributed by atoms with Gasteiger partial charge in [0.2, 0.25) is 10.0 Å². The Bertz CT molecular complexity index is 1510. The minimum absolute atomic E-state index is 0.133. The molecule has 0 aliphatic carbocycles. The molecule has 1 fully saturated rings. The first-order valence-electron chi connectivity index (χ1n) is 12.0. The smallest absolute Gasteiger partial charge is 0.213 e. The molecule has 1 saturated heterocycles. The third-order valence-electron chi connectivity index (χ3n) is 6.80. The van der Waals surface area contributed by atoms with Crippen LogP contribution in [0.1, 0.15) is 18.2 Å². The summed E-state index contributed by atoms with van der Waals surface area (Å²) in [6.45, 7) is 6.74. The van der Waals surface area contributed by atoms with Crippen molar-refractivity contribution in [3.05, 3.63) is 82.1 Å². The molecule has 0 unspecified atom stereocenters. The summed E-state index contributed by atoms with van der Waals surface area (Å²) in [6, 6.07) is 17.8. The molecule has 1 aliphatic heterocycles. The van der Waals surface area contributed by atoms with Crippen molar-refractivity contribution < 1.29 is 8.42 Å². The maximum atomic E-state index is 12.3. The molecule has 0 amide bonds. The van der Waals surface area contributed by atoms with E-state index in [1.54, 1.807) is 11.2 Å². The molecule has 6 nitrogen and oxygen atoms in total. The average Bonchev–Trinajstić information content (AvgIpc) is 3.22. The largest absolute Gasteiger partial charge is 0.301 e. The quantitative estimate of drug-likeness (QED) is 0.311. The highest BCUT2D eigenvalue weighted by molar-refractivity contribution is 7.89. The lowest BCUT2D eigenvalue weighted by Crippen LogP contribution is -2.48. The third kappa shape index (κ3) is 5.04. The summed E-state index contributed by atoms with van der Waals surface area (Å²) < 4.78 is 28.4. The standard InChI is InChI=1S/C27H28Cl2N4O2S/c1-3-36(34,35)32-14-12-31(13-15-32)18-25-27(20-4-7-22(28)8-5-20)30-26-11-6-21(17-33(25)26)24-10-9-23(29)16-19(24)2/h4-11,16-17H,3,12-15,18H2,1-2H3. The van der Waals surface area contributed by atoms with Crippen LogP contribution in [0.3, 0.4) is 0 Å². The van der Waals surface area contributed by atoms with Crippen LogP contribution in [0.25, 0.3) is 28.0 Å². The summed E-state index contributed by atoms with van der Waals surface area (Å²) >= 11 is 12.3. The van der Waals surface area contributed by atoms with Gasteiger partial charge in [0.1, 0.15) is 5.65 Å². The molecule has 2 aromatic heterocycles. The van der Waals surface area contributed by atoms with E-state index in [0.717, 1.165) is 44.3 Å². The zero-order valence-electron chi connectivity index (χ0n) is 20.3. The number of piperazine rings is 1. The number of nitrogens with zero attached hydrogens (tertiary/aromatic N) is 4. The molecular formula is C27H28Cl2N4O2S. The zero-order valence-corrected chi connectivity index (χ0v) is 22.6. The maximum absolute atomic E-state index is 12.3. The second-order valence-electron chi connectivity index (χ2n) is 9.09. The van der Waals surface area contributed by atoms with Gasteiger partial charge in [0.25, 0.3) is 0 Å². The van der Waals surface area contributed by atoms with Gasteiger partial charge in [-0.15, -0.1) is 0 Å². The van der Waals surface area contributed by atoms with E-state index in [9.17, 15) is 8.42 Å². The topological polar surface area (TPSA) is 57.9 Å². The van der Waals surface area contributed by atoms with E-state index in [0.29, 0.717) is 37.7 Å². The molecule has 0 bridgehead atoms. The Morgan fingerprint density at radius 2 is 1.56 bits per heavy atom. The second-order valence-corrected chi connectivity index (χ2v) is 12.2. The predicted octanol–water partition coefficient (Wildman–Crippen LogP) is 5.75. The number of sulfonamides is 1. The van der Waals surface area contributed by atoms with E-state index < -0.39 is 10.0 Å². The van der Waals surface area contributed by atoms with Crippen LogP contribution in [-0.4, -0.2) is 58.9 Å². The minimum atomic E-state index is -3.17. The Balaban J connectivity index is 1.54. The van der Waals surface area contributed by atoms with Crippen LogP contribution in [0.4, 0.5) is 0 Å². The summed E-state index contributed by atoms with van der Waals surface area (Å²) in [5, 5.41) is 1.40. The summed E-state index contributed by atoms with van der Waals surface area (Å²) in [5.41, 5.74) is 7.12. The number of hydrogen-bond acceptors (Lipinski definition) is 4. The van der Waals surface area contributed by atoms with Gasteiger partial charge < -0.3 is 4.40 Å². The predicted molar refractivity (Wildman–Crippen MR) is 147 cm³/mol. The lowest BCUT2D eigenvalue weighted by molar-refractivity contribution is 0.180. The Labute approximate surface area is 222 Å². The monoisotopic (exact) mass is 542 g/mol. The Morgan fingerprint density at radius 1 is 0.889 bits per heavy atom. The van der Waals surface area contributed by atoms with Crippen molar-refractivity contribution in [1.29, 1.82) is 0 Å². The number of aryl methyl sites for hydroxylation is 1. The highest BCUT2D eigenvalue weighted by Crippen LogP contribution is 2.31. The number of pyridine rings is 1. The van der Waals surface area contributed by atoms with Crippen molar-refractivity contribution in [2.24, 2.45) is 0 Å². The molecule has 0 spiro atoms. The van der Waals surface area contributed by atoms with Gasteiger partial charge in [-0.3, -0.25) is 4.90 Å². The van der Waals surface area contributed by atoms with Gasteiger partial charge >= 0.3 is 0 Å². The average molecular weight is 544 g/mol. The molecule has 1 aliphatic rings. The van der Waals surface area contributed by atoms with E-state index in [1.165, 1.54) is 0 Å². The molecule has 0 N–H and O–H groups in total. The van der Waals surface area contributed by atoms with E-state index in [-0.39, 0.29) is 5.75 Å². The van der Waals surface area contributed by atoms with Crippen molar-refractivity contribution in [2.75, 3.05) is 31.9 Å². The number of aromatic nitrogens is 2. The molecule has 0 atom stereocenters. The number of halogens is 2. The molecule has 9 heteroatoms. The SMILES string of the molecule is CCS(=O)(=O)N1CCN(Cc2c(-c3ccc(Cl)cc3)nc3ccc(-c4ccc(Cl)cc4C)cn23)CC1. The van der Waals surface area contributed by atoms with Crippen molar-refractivity contribution >= 4 is 38.9 Å². The van der Waals surface area contributed by atoms with Crippen LogP contribution in [0.15, 0.2) is 60.8 Å². The summed E-state index contributed by atoms with van der Waals surface area (Å²) in [7, 11) is -3.17. The molecule has 2 aromatic carbocycles. The minimum Gasteiger partial charge on any atom is -0.301 e. The van der Waals surface area contributed by atoms with Crippen LogP contribution in [0.5, 0.6) is 0 Å². The molecule has 36 heavy (non-hydrogen) atoms. The van der Waals surface area contributed by atoms with Crippen LogP contribution in [0, 0.1) is 6.92 Å². The van der Waals surface area contributed by atoms with Gasteiger partial charge in [-0.25, -0.2) is 13.4 Å². The van der Waals surface area contributed by atoms with Crippen LogP contribution < -0.4 is 0 Å². The van der Waals surface area contributed by atoms with E-state index in [1.807, 2.05) is 48.5 Å². The number of benzene rings is 2. The number of imidazole rings is 1. The van der Waals surface area contributed by atoms with Crippen LogP contribution in [0.2, 0.25) is 10.0 Å². The van der Waals surface area contributed by atoms with E-state index in [4.69, 9.17) is 28.2 Å². The first kappa shape index (κ1) is 25.2. The fraction of sp³-hybridized carbons (Fsp3) is 0.296. The van der Waals surface area contributed by atoms with E-state index >= 15 is 0 Å². The third-order valence-corrected chi connectivity index (χ3v) is 9.17. The van der Waals surface area contributed by atoms with Gasteiger partial charge in [-0.05, 0) is 66.9 Å². The molecule has 0 saturated carbocycles. The van der Waals surface area contributed by atoms with Gasteiger partial charge in [0, 0.05) is 54.5 Å². The van der Waals surface area contributed by atoms with Crippen molar-refractivity contribution in [3.8, 4) is 22.4 Å². The number of hydrogen-bond donors (Lipinski definition) is 0. The van der Waals surface area contributed by atoms with Gasteiger partial charge in [0.15, 0.2) is 0 Å². The second kappa shape index (κ2) is 10.1. The van der Waals surface area contributed by atoms with Gasteiger partial charge in [0.05, 0.1) is 17.1 Å². The molecule has 3 heterocycles. The summed E-state index contributed by atoms with van der Waals surface area (Å²) in [6.07, 6.45) is 2.13. The first-order chi connectivity index (χ1) is 17.2. The molecule has 0 radical (unpaired) electrons. The zero-order chi connectivity index (χ0) is 25.4. The number of fused-ring (bicyclic) bond motifs is 1. The Morgan fingerprint density at radius 3 is 2.22 bits per heavy atom. The summed E-state index contributed by atoms with van der Waals surface area (Å²) in [5.74, 6) is 0.133. The fourth-order valence-corrected chi connectivity index (χ4v) is 6.19. The lowest BCUT2D eigenvalue weighted by atomic mass is 10.0. The van der Waals surface area contributed by atoms with Crippen LogP contribution >= 0.6 is 23.2 Å². The Hall–Kier alpha value is -2.42. The highest BCUT2D eigenvalue weighted by atomic mass is 35.5. The molecular weight excluding hydrogens is 515 g/mol. The number of rotatable bonds is 6. The van der Waals surface area contributed by atoms with Gasteiger partial charge in [-0.1, -0.05) is 41.4 Å². The first-order valence-corrected chi connectivity index (χ1v) is 14.4. The van der Waals surface area contributed by atoms with Gasteiger partial charge in [-0.2, -0.15) is 4.31 Å². The highest BCUT2D eigenvalue weighted by Gasteiger charge is 2.27. The van der Waals surface area contributed by atoms with Crippen LogP contribution in [-0.2, 0) is 16.6 Å². The Kier molecular flexibility index (Phi) is 7.12. The molecule has 188 valence electrons. The fourth-order valence-electron chi connectivity index (χ4n) is 4.75. The molecule has 4 aromatic rings. The maximum Gasteiger partial charge on any atom is 0.213 e. The van der Waals surface area contributed by atoms with Crippen molar-refractivity contribution in [1.82, 2.24) is 18.6 Å².